The maximum Gasteiger partial charge on any atom is 0.280 e. The highest BCUT2D eigenvalue weighted by Crippen LogP contribution is 2.31. The molecule has 0 N–H and O–H groups in total. The topological polar surface area (TPSA) is 73.1 Å². The normalized spacial score (nSPS) is 10.4. The highest BCUT2D eigenvalue weighted by molar-refractivity contribution is 7.99. The highest BCUT2D eigenvalue weighted by atomic mass is 32.2. The third-order valence-corrected chi connectivity index (χ3v) is 3.75. The molecule has 1 aromatic carbocycles. The second-order valence-corrected chi connectivity index (χ2v) is 5.81. The first-order chi connectivity index (χ1) is 9.86. The maximum atomic E-state index is 11.6. The van der Waals surface area contributed by atoms with Gasteiger partial charge in [-0.15, -0.1) is 0 Å². The molecule has 0 aliphatic rings. The van der Waals surface area contributed by atoms with Gasteiger partial charge in [0.05, 0.1) is 10.5 Å². The molecule has 0 spiro atoms. The third-order valence-electron chi connectivity index (χ3n) is 2.84. The molecule has 6 heteroatoms. The Hall–Kier alpha value is -2.21. The molecule has 21 heavy (non-hydrogen) atoms. The van der Waals surface area contributed by atoms with Crippen molar-refractivity contribution in [1.29, 1.82) is 0 Å². The van der Waals surface area contributed by atoms with Gasteiger partial charge in [0.1, 0.15) is 5.03 Å². The fourth-order valence-electron chi connectivity index (χ4n) is 2.00. The summed E-state index contributed by atoms with van der Waals surface area (Å²) in [5.74, 6) is -0.322. The van der Waals surface area contributed by atoms with E-state index in [2.05, 4.69) is 4.98 Å². The Morgan fingerprint density at radius 2 is 1.95 bits per heavy atom. The number of rotatable bonds is 4. The predicted octanol–water partition coefficient (Wildman–Crippen LogP) is 3.96. The summed E-state index contributed by atoms with van der Waals surface area (Å²) in [5.41, 5.74) is 1.96. The Balaban J connectivity index is 2.39. The zero-order valence-electron chi connectivity index (χ0n) is 11.9. The number of nitrogens with zero attached hydrogens (tertiary/aromatic N) is 2. The van der Waals surface area contributed by atoms with E-state index in [1.165, 1.54) is 24.8 Å². The van der Waals surface area contributed by atoms with Gasteiger partial charge in [-0.3, -0.25) is 14.9 Å². The van der Waals surface area contributed by atoms with Crippen molar-refractivity contribution in [2.75, 3.05) is 0 Å². The lowest BCUT2D eigenvalue weighted by molar-refractivity contribution is -0.385. The number of hydrogen-bond acceptors (Lipinski definition) is 5. The zero-order chi connectivity index (χ0) is 15.6. The van der Waals surface area contributed by atoms with Gasteiger partial charge < -0.3 is 0 Å². The SMILES string of the molecule is CC(=O)c1cc(Sc2cc(C)cc(C)n2)ccc1[N+](=O)[O-]. The molecule has 0 amide bonds. The van der Waals surface area contributed by atoms with E-state index in [4.69, 9.17) is 0 Å². The fourth-order valence-corrected chi connectivity index (χ4v) is 2.99. The van der Waals surface area contributed by atoms with Gasteiger partial charge in [0.25, 0.3) is 5.69 Å². The molecule has 2 rings (SSSR count). The van der Waals surface area contributed by atoms with Gasteiger partial charge in [-0.2, -0.15) is 0 Å². The van der Waals surface area contributed by atoms with Crippen LogP contribution < -0.4 is 0 Å². The molecule has 5 nitrogen and oxygen atoms in total. The minimum absolute atomic E-state index is 0.120. The molecular formula is C15H14N2O3S. The van der Waals surface area contributed by atoms with Gasteiger partial charge >= 0.3 is 0 Å². The van der Waals surface area contributed by atoms with Gasteiger partial charge in [-0.1, -0.05) is 11.8 Å². The number of pyridine rings is 1. The minimum atomic E-state index is -0.541. The fraction of sp³-hybridized carbons (Fsp3) is 0.200. The Morgan fingerprint density at radius 3 is 2.52 bits per heavy atom. The van der Waals surface area contributed by atoms with Crippen LogP contribution in [-0.4, -0.2) is 15.7 Å². The van der Waals surface area contributed by atoms with E-state index < -0.39 is 4.92 Å². The van der Waals surface area contributed by atoms with Crippen molar-refractivity contribution in [1.82, 2.24) is 4.98 Å². The predicted molar refractivity (Wildman–Crippen MR) is 80.9 cm³/mol. The minimum Gasteiger partial charge on any atom is -0.294 e. The molecule has 0 radical (unpaired) electrons. The van der Waals surface area contributed by atoms with Crippen molar-refractivity contribution < 1.29 is 9.72 Å². The maximum absolute atomic E-state index is 11.6. The molecular weight excluding hydrogens is 288 g/mol. The summed E-state index contributed by atoms with van der Waals surface area (Å²) in [4.78, 5) is 27.1. The van der Waals surface area contributed by atoms with Crippen LogP contribution in [0.5, 0.6) is 0 Å². The Morgan fingerprint density at radius 1 is 1.24 bits per heavy atom. The molecule has 0 atom stereocenters. The molecule has 0 aliphatic carbocycles. The van der Waals surface area contributed by atoms with Crippen LogP contribution in [0.4, 0.5) is 5.69 Å². The first-order valence-corrected chi connectivity index (χ1v) is 7.11. The lowest BCUT2D eigenvalue weighted by Gasteiger charge is -2.06. The van der Waals surface area contributed by atoms with Crippen molar-refractivity contribution in [3.05, 3.63) is 57.3 Å². The second kappa shape index (κ2) is 6.05. The van der Waals surface area contributed by atoms with Crippen LogP contribution >= 0.6 is 11.8 Å². The van der Waals surface area contributed by atoms with Crippen LogP contribution in [0, 0.1) is 24.0 Å². The van der Waals surface area contributed by atoms with Crippen molar-refractivity contribution in [3.8, 4) is 0 Å². The number of aryl methyl sites for hydroxylation is 2. The number of ketones is 1. The molecule has 0 unspecified atom stereocenters. The van der Waals surface area contributed by atoms with Crippen LogP contribution in [0.15, 0.2) is 40.3 Å². The monoisotopic (exact) mass is 302 g/mol. The molecule has 0 aliphatic heterocycles. The summed E-state index contributed by atoms with van der Waals surface area (Å²) >= 11 is 1.38. The van der Waals surface area contributed by atoms with Gasteiger partial charge in [-0.25, -0.2) is 4.98 Å². The lowest BCUT2D eigenvalue weighted by atomic mass is 10.1. The van der Waals surface area contributed by atoms with E-state index in [1.54, 1.807) is 12.1 Å². The van der Waals surface area contributed by atoms with E-state index in [-0.39, 0.29) is 17.0 Å². The Kier molecular flexibility index (Phi) is 4.37. The molecule has 108 valence electrons. The standard InChI is InChI=1S/C15H14N2O3S/c1-9-6-10(2)16-15(7-9)21-12-4-5-14(17(19)20)13(8-12)11(3)18/h4-8H,1-3H3. The first kappa shape index (κ1) is 15.2. The average molecular weight is 302 g/mol. The van der Waals surface area contributed by atoms with Crippen LogP contribution in [0.2, 0.25) is 0 Å². The van der Waals surface area contributed by atoms with Crippen LogP contribution in [-0.2, 0) is 0 Å². The van der Waals surface area contributed by atoms with E-state index >= 15 is 0 Å². The lowest BCUT2D eigenvalue weighted by Crippen LogP contribution is -2.00. The van der Waals surface area contributed by atoms with Crippen LogP contribution in [0.3, 0.4) is 0 Å². The van der Waals surface area contributed by atoms with E-state index in [0.29, 0.717) is 0 Å². The number of nitro groups is 1. The summed E-state index contributed by atoms with van der Waals surface area (Å²) in [6, 6.07) is 8.45. The molecule has 0 bridgehead atoms. The van der Waals surface area contributed by atoms with Gasteiger partial charge in [-0.05, 0) is 50.6 Å². The van der Waals surface area contributed by atoms with Crippen LogP contribution in [0.1, 0.15) is 28.5 Å². The summed E-state index contributed by atoms with van der Waals surface area (Å²) in [7, 11) is 0. The highest BCUT2D eigenvalue weighted by Gasteiger charge is 2.18. The van der Waals surface area contributed by atoms with Crippen molar-refractivity contribution >= 4 is 23.2 Å². The molecule has 0 saturated heterocycles. The largest absolute Gasteiger partial charge is 0.294 e. The second-order valence-electron chi connectivity index (χ2n) is 4.72. The van der Waals surface area contributed by atoms with Gasteiger partial charge in [0.2, 0.25) is 0 Å². The first-order valence-electron chi connectivity index (χ1n) is 6.29. The molecule has 0 fully saturated rings. The van der Waals surface area contributed by atoms with E-state index in [0.717, 1.165) is 21.2 Å². The van der Waals surface area contributed by atoms with E-state index in [1.807, 2.05) is 26.0 Å². The number of carbonyl (C=O) groups excluding carboxylic acids is 1. The van der Waals surface area contributed by atoms with Gasteiger partial charge in [0.15, 0.2) is 5.78 Å². The molecule has 0 saturated carbocycles. The Bertz CT molecular complexity index is 709. The zero-order valence-corrected chi connectivity index (χ0v) is 12.7. The van der Waals surface area contributed by atoms with Crippen LogP contribution in [0.25, 0.3) is 0 Å². The summed E-state index contributed by atoms with van der Waals surface area (Å²) in [5, 5.41) is 11.7. The molecule has 1 heterocycles. The molecule has 2 aromatic rings. The van der Waals surface area contributed by atoms with Gasteiger partial charge in [0, 0.05) is 16.7 Å². The van der Waals surface area contributed by atoms with Crippen molar-refractivity contribution in [2.24, 2.45) is 0 Å². The summed E-state index contributed by atoms with van der Waals surface area (Å²) in [6.45, 7) is 5.22. The smallest absolute Gasteiger partial charge is 0.280 e. The number of aromatic nitrogens is 1. The number of benzene rings is 1. The van der Waals surface area contributed by atoms with Crippen molar-refractivity contribution in [3.63, 3.8) is 0 Å². The Labute approximate surface area is 126 Å². The average Bonchev–Trinajstić information content (AvgIpc) is 2.36. The quantitative estimate of drug-likeness (QED) is 0.485. The summed E-state index contributed by atoms with van der Waals surface area (Å²) in [6.07, 6.45) is 0. The van der Waals surface area contributed by atoms with Crippen molar-refractivity contribution in [2.45, 2.75) is 30.7 Å². The number of hydrogen-bond donors (Lipinski definition) is 0. The molecule has 1 aromatic heterocycles. The number of carbonyl (C=O) groups is 1. The number of nitro benzene ring substituents is 1. The third kappa shape index (κ3) is 3.66. The summed E-state index contributed by atoms with van der Waals surface area (Å²) < 4.78 is 0. The van der Waals surface area contributed by atoms with E-state index in [9.17, 15) is 14.9 Å². The number of Topliss-reactive ketones (excluding diaryl/α,β-unsaturated/α-hetero) is 1.